The molecule has 0 spiro atoms. The third kappa shape index (κ3) is 4.31. The third-order valence-corrected chi connectivity index (χ3v) is 6.24. The highest BCUT2D eigenvalue weighted by atomic mass is 16.5. The number of ketones is 2. The van der Waals surface area contributed by atoms with Crippen LogP contribution in [-0.4, -0.2) is 35.9 Å². The van der Waals surface area contributed by atoms with Crippen LogP contribution < -0.4 is 4.74 Å². The molecule has 0 bridgehead atoms. The quantitative estimate of drug-likeness (QED) is 0.586. The molecule has 1 saturated carbocycles. The number of benzene rings is 2. The molecule has 1 heterocycles. The number of carbonyl (C=O) groups is 2. The first kappa shape index (κ1) is 21.0. The van der Waals surface area contributed by atoms with Crippen molar-refractivity contribution < 1.29 is 14.3 Å². The van der Waals surface area contributed by atoms with Gasteiger partial charge in [0.1, 0.15) is 23.2 Å². The van der Waals surface area contributed by atoms with Gasteiger partial charge in [-0.15, -0.1) is 0 Å². The molecule has 1 fully saturated rings. The number of aromatic nitrogens is 1. The summed E-state index contributed by atoms with van der Waals surface area (Å²) in [4.78, 5) is 33.3. The maximum atomic E-state index is 12.8. The van der Waals surface area contributed by atoms with Crippen LogP contribution in [0.1, 0.15) is 42.5 Å². The van der Waals surface area contributed by atoms with Crippen molar-refractivity contribution in [2.45, 2.75) is 39.0 Å². The molecule has 1 aliphatic rings. The smallest absolute Gasteiger partial charge is 0.149 e. The lowest BCUT2D eigenvalue weighted by molar-refractivity contribution is -0.129. The summed E-state index contributed by atoms with van der Waals surface area (Å²) in [5, 5.41) is 1.13. The number of Topliss-reactive ketones (excluding diaryl/α,β-unsaturated/α-hetero) is 2. The van der Waals surface area contributed by atoms with Gasteiger partial charge in [-0.05, 0) is 61.9 Å². The van der Waals surface area contributed by atoms with Gasteiger partial charge in [0.15, 0.2) is 0 Å². The van der Waals surface area contributed by atoms with E-state index in [0.29, 0.717) is 19.4 Å². The number of carbonyl (C=O) groups excluding carboxylic acids is 2. The molecular formula is C26H28N2O3. The molecule has 5 nitrogen and oxygen atoms in total. The second-order valence-corrected chi connectivity index (χ2v) is 8.29. The van der Waals surface area contributed by atoms with Crippen LogP contribution in [0.15, 0.2) is 53.5 Å². The molecule has 5 heteroatoms. The number of ether oxygens (including phenoxy) is 1. The van der Waals surface area contributed by atoms with E-state index in [0.717, 1.165) is 40.0 Å². The van der Waals surface area contributed by atoms with Gasteiger partial charge in [0.05, 0.1) is 7.11 Å². The standard InChI is InChI=1S/C26H28N2O3/c1-16-21(22-15-20(31-3)9-10-23(22)28-16)11-12-27-24-13-19(18-7-5-4-6-8-18)14-25(30)26(24)17(2)29/h4-10,15,19,26,28H,11-14H2,1-3H3/t19-,26?/m0/s1. The molecular weight excluding hydrogens is 388 g/mol. The van der Waals surface area contributed by atoms with Crippen LogP contribution in [0, 0.1) is 12.8 Å². The highest BCUT2D eigenvalue weighted by Crippen LogP contribution is 2.33. The average molecular weight is 417 g/mol. The van der Waals surface area contributed by atoms with E-state index in [1.165, 1.54) is 12.5 Å². The molecule has 2 atom stereocenters. The number of rotatable bonds is 6. The van der Waals surface area contributed by atoms with Crippen LogP contribution in [-0.2, 0) is 16.0 Å². The van der Waals surface area contributed by atoms with Gasteiger partial charge >= 0.3 is 0 Å². The van der Waals surface area contributed by atoms with Crippen molar-refractivity contribution in [1.82, 2.24) is 4.98 Å². The van der Waals surface area contributed by atoms with Crippen molar-refractivity contribution in [3.63, 3.8) is 0 Å². The van der Waals surface area contributed by atoms with Gasteiger partial charge in [0, 0.05) is 35.3 Å². The van der Waals surface area contributed by atoms with Crippen molar-refractivity contribution >= 4 is 28.2 Å². The summed E-state index contributed by atoms with van der Waals surface area (Å²) in [7, 11) is 1.66. The predicted molar refractivity (Wildman–Crippen MR) is 123 cm³/mol. The zero-order valence-corrected chi connectivity index (χ0v) is 18.3. The van der Waals surface area contributed by atoms with Gasteiger partial charge in [-0.1, -0.05) is 30.3 Å². The molecule has 0 saturated heterocycles. The van der Waals surface area contributed by atoms with E-state index < -0.39 is 5.92 Å². The molecule has 2 aromatic carbocycles. The molecule has 4 rings (SSSR count). The van der Waals surface area contributed by atoms with Crippen LogP contribution in [0.5, 0.6) is 5.75 Å². The van der Waals surface area contributed by atoms with Gasteiger partial charge in [-0.25, -0.2) is 0 Å². The monoisotopic (exact) mass is 416 g/mol. The number of fused-ring (bicyclic) bond motifs is 1. The lowest BCUT2D eigenvalue weighted by atomic mass is 9.75. The largest absolute Gasteiger partial charge is 0.497 e. The maximum absolute atomic E-state index is 12.8. The van der Waals surface area contributed by atoms with E-state index in [1.54, 1.807) is 7.11 Å². The van der Waals surface area contributed by atoms with Crippen LogP contribution >= 0.6 is 0 Å². The van der Waals surface area contributed by atoms with Gasteiger partial charge in [-0.3, -0.25) is 14.6 Å². The van der Waals surface area contributed by atoms with E-state index >= 15 is 0 Å². The van der Waals surface area contributed by atoms with E-state index in [-0.39, 0.29) is 17.5 Å². The summed E-state index contributed by atoms with van der Waals surface area (Å²) in [5.41, 5.74) is 5.23. The van der Waals surface area contributed by atoms with Crippen molar-refractivity contribution in [3.8, 4) is 5.75 Å². The number of nitrogens with zero attached hydrogens (tertiary/aromatic N) is 1. The Kier molecular flexibility index (Phi) is 6.03. The Hall–Kier alpha value is -3.21. The molecule has 1 aromatic heterocycles. The molecule has 160 valence electrons. The lowest BCUT2D eigenvalue weighted by Gasteiger charge is -2.28. The molecule has 1 N–H and O–H groups in total. The van der Waals surface area contributed by atoms with E-state index in [9.17, 15) is 9.59 Å². The number of aliphatic imine (C=N–C) groups is 1. The number of aryl methyl sites for hydroxylation is 1. The highest BCUT2D eigenvalue weighted by molar-refractivity contribution is 6.22. The Balaban J connectivity index is 1.58. The highest BCUT2D eigenvalue weighted by Gasteiger charge is 2.37. The van der Waals surface area contributed by atoms with Gasteiger partial charge in [0.25, 0.3) is 0 Å². The summed E-state index contributed by atoms with van der Waals surface area (Å²) >= 11 is 0. The second kappa shape index (κ2) is 8.88. The van der Waals surface area contributed by atoms with Crippen LogP contribution in [0.4, 0.5) is 0 Å². The van der Waals surface area contributed by atoms with Gasteiger partial charge in [-0.2, -0.15) is 0 Å². The number of H-pyrrole nitrogens is 1. The Morgan fingerprint density at radius 1 is 1.16 bits per heavy atom. The number of methoxy groups -OCH3 is 1. The maximum Gasteiger partial charge on any atom is 0.149 e. The minimum atomic E-state index is -0.691. The summed E-state index contributed by atoms with van der Waals surface area (Å²) in [5.74, 6) is 0.0909. The summed E-state index contributed by atoms with van der Waals surface area (Å²) < 4.78 is 5.38. The second-order valence-electron chi connectivity index (χ2n) is 8.29. The molecule has 1 unspecified atom stereocenters. The molecule has 0 radical (unpaired) electrons. The fraction of sp³-hybridized carbons (Fsp3) is 0.346. The van der Waals surface area contributed by atoms with Crippen molar-refractivity contribution in [3.05, 3.63) is 65.4 Å². The summed E-state index contributed by atoms with van der Waals surface area (Å²) in [6.45, 7) is 4.10. The number of nitrogens with one attached hydrogen (secondary N) is 1. The molecule has 0 amide bonds. The summed E-state index contributed by atoms with van der Waals surface area (Å²) in [6.07, 6.45) is 1.78. The summed E-state index contributed by atoms with van der Waals surface area (Å²) in [6, 6.07) is 16.0. The predicted octanol–water partition coefficient (Wildman–Crippen LogP) is 4.82. The molecule has 3 aromatic rings. The Morgan fingerprint density at radius 2 is 1.94 bits per heavy atom. The van der Waals surface area contributed by atoms with Crippen LogP contribution in [0.2, 0.25) is 0 Å². The minimum absolute atomic E-state index is 0.0145. The zero-order valence-electron chi connectivity index (χ0n) is 18.3. The Morgan fingerprint density at radius 3 is 2.65 bits per heavy atom. The van der Waals surface area contributed by atoms with Gasteiger partial charge < -0.3 is 9.72 Å². The van der Waals surface area contributed by atoms with Crippen molar-refractivity contribution in [2.75, 3.05) is 13.7 Å². The topological polar surface area (TPSA) is 71.5 Å². The van der Waals surface area contributed by atoms with E-state index in [4.69, 9.17) is 9.73 Å². The fourth-order valence-electron chi connectivity index (χ4n) is 4.69. The minimum Gasteiger partial charge on any atom is -0.497 e. The Labute approximate surface area is 182 Å². The Bertz CT molecular complexity index is 1140. The van der Waals surface area contributed by atoms with Crippen LogP contribution in [0.3, 0.4) is 0 Å². The first-order chi connectivity index (χ1) is 15.0. The van der Waals surface area contributed by atoms with Crippen molar-refractivity contribution in [2.24, 2.45) is 10.9 Å². The van der Waals surface area contributed by atoms with Gasteiger partial charge in [0.2, 0.25) is 0 Å². The fourth-order valence-corrected chi connectivity index (χ4v) is 4.69. The number of hydrogen-bond donors (Lipinski definition) is 1. The SMILES string of the molecule is COc1ccc2[nH]c(C)c(CCN=C3C[C@H](c4ccccc4)CC(=O)C3C(C)=O)c2c1. The molecule has 0 aliphatic heterocycles. The average Bonchev–Trinajstić information content (AvgIpc) is 3.08. The lowest BCUT2D eigenvalue weighted by Crippen LogP contribution is -2.37. The zero-order chi connectivity index (χ0) is 22.0. The van der Waals surface area contributed by atoms with E-state index in [1.807, 2.05) is 48.5 Å². The third-order valence-electron chi connectivity index (χ3n) is 6.24. The molecule has 31 heavy (non-hydrogen) atoms. The number of hydrogen-bond acceptors (Lipinski definition) is 4. The van der Waals surface area contributed by atoms with Crippen LogP contribution in [0.25, 0.3) is 10.9 Å². The first-order valence-corrected chi connectivity index (χ1v) is 10.7. The molecule has 1 aliphatic carbocycles. The van der Waals surface area contributed by atoms with Crippen molar-refractivity contribution in [1.29, 1.82) is 0 Å². The van der Waals surface area contributed by atoms with E-state index in [2.05, 4.69) is 11.9 Å². The number of aromatic amines is 1. The first-order valence-electron chi connectivity index (χ1n) is 10.7. The normalized spacial score (nSPS) is 20.4.